The van der Waals surface area contributed by atoms with Crippen LogP contribution in [0.25, 0.3) is 0 Å². The molecule has 0 fully saturated rings. The van der Waals surface area contributed by atoms with Gasteiger partial charge in [-0.25, -0.2) is 18.1 Å². The maximum absolute atomic E-state index is 12.0. The van der Waals surface area contributed by atoms with Crippen molar-refractivity contribution in [1.82, 2.24) is 19.9 Å². The lowest BCUT2D eigenvalue weighted by atomic mass is 10.4. The number of hydrogen-bond donors (Lipinski definition) is 2. The first-order chi connectivity index (χ1) is 8.53. The minimum absolute atomic E-state index is 0.127. The Hall–Kier alpha value is -1.25. The number of aryl methyl sites for hydroxylation is 1. The molecular formula is C10H14N4O2S2. The summed E-state index contributed by atoms with van der Waals surface area (Å²) in [4.78, 5) is 5.49. The molecule has 1 unspecified atom stereocenters. The smallest absolute Gasteiger partial charge is 0.244 e. The molecule has 0 aliphatic rings. The Kier molecular flexibility index (Phi) is 3.79. The largest absolute Gasteiger partial charge is 0.284 e. The van der Waals surface area contributed by atoms with Crippen molar-refractivity contribution in [2.45, 2.75) is 31.2 Å². The molecule has 0 radical (unpaired) electrons. The van der Waals surface area contributed by atoms with E-state index in [1.54, 1.807) is 13.1 Å². The molecule has 2 aromatic rings. The molecule has 8 heteroatoms. The second-order valence-corrected chi connectivity index (χ2v) is 6.66. The normalized spacial score (nSPS) is 13.7. The second-order valence-electron chi connectivity index (χ2n) is 3.80. The predicted molar refractivity (Wildman–Crippen MR) is 68.8 cm³/mol. The van der Waals surface area contributed by atoms with Crippen LogP contribution in [0, 0.1) is 0 Å². The van der Waals surface area contributed by atoms with Crippen LogP contribution in [0.2, 0.25) is 0 Å². The summed E-state index contributed by atoms with van der Waals surface area (Å²) in [5.74, 6) is 0. The Morgan fingerprint density at radius 2 is 2.28 bits per heavy atom. The van der Waals surface area contributed by atoms with Gasteiger partial charge < -0.3 is 0 Å². The van der Waals surface area contributed by atoms with Crippen LogP contribution < -0.4 is 4.72 Å². The lowest BCUT2D eigenvalue weighted by molar-refractivity contribution is 0.566. The summed E-state index contributed by atoms with van der Waals surface area (Å²) in [5, 5.41) is 6.87. The van der Waals surface area contributed by atoms with Crippen LogP contribution in [0.5, 0.6) is 0 Å². The van der Waals surface area contributed by atoms with Crippen LogP contribution in [-0.4, -0.2) is 23.6 Å². The number of hydrogen-bond acceptors (Lipinski definition) is 5. The fourth-order valence-electron chi connectivity index (χ4n) is 1.42. The Bertz CT molecular complexity index is 604. The van der Waals surface area contributed by atoms with Gasteiger partial charge in [-0.1, -0.05) is 6.92 Å². The number of aromatic amines is 1. The summed E-state index contributed by atoms with van der Waals surface area (Å²) >= 11 is 1.52. The summed E-state index contributed by atoms with van der Waals surface area (Å²) in [6, 6.07) is -0.352. The number of rotatable bonds is 5. The van der Waals surface area contributed by atoms with Gasteiger partial charge in [0.1, 0.15) is 9.90 Å². The first-order valence-corrected chi connectivity index (χ1v) is 7.78. The first kappa shape index (κ1) is 13.2. The van der Waals surface area contributed by atoms with E-state index in [1.165, 1.54) is 23.7 Å². The van der Waals surface area contributed by atoms with E-state index in [9.17, 15) is 8.42 Å². The highest BCUT2D eigenvalue weighted by Gasteiger charge is 2.20. The summed E-state index contributed by atoms with van der Waals surface area (Å²) in [6.45, 7) is 3.81. The predicted octanol–water partition coefficient (Wildman–Crippen LogP) is 1.47. The van der Waals surface area contributed by atoms with E-state index >= 15 is 0 Å². The molecule has 0 aromatic carbocycles. The van der Waals surface area contributed by atoms with Gasteiger partial charge in [0.2, 0.25) is 10.0 Å². The van der Waals surface area contributed by atoms with Gasteiger partial charge in [-0.3, -0.25) is 5.10 Å². The number of sulfonamides is 1. The zero-order valence-corrected chi connectivity index (χ0v) is 11.7. The second kappa shape index (κ2) is 5.17. The Morgan fingerprint density at radius 3 is 2.83 bits per heavy atom. The quantitative estimate of drug-likeness (QED) is 0.871. The van der Waals surface area contributed by atoms with Crippen molar-refractivity contribution in [3.05, 3.63) is 28.5 Å². The van der Waals surface area contributed by atoms with Gasteiger partial charge in [-0.2, -0.15) is 5.10 Å². The molecule has 0 aliphatic carbocycles. The molecule has 2 rings (SSSR count). The lowest BCUT2D eigenvalue weighted by Crippen LogP contribution is -2.26. The molecule has 0 saturated carbocycles. The van der Waals surface area contributed by atoms with Crippen molar-refractivity contribution in [3.8, 4) is 0 Å². The summed E-state index contributed by atoms with van der Waals surface area (Å²) in [6.07, 6.45) is 5.30. The van der Waals surface area contributed by atoms with Gasteiger partial charge in [0.25, 0.3) is 0 Å². The molecule has 0 amide bonds. The number of aromatic nitrogens is 3. The standard InChI is InChI=1S/C10H14N4O2S2/c1-3-8-4-11-10(17-8)7(2)14-18(15,16)9-5-12-13-6-9/h4-7,14H,3H2,1-2H3,(H,12,13). The SMILES string of the molecule is CCc1cnc(C(C)NS(=O)(=O)c2cn[nH]c2)s1. The van der Waals surface area contributed by atoms with Crippen molar-refractivity contribution < 1.29 is 8.42 Å². The molecule has 98 valence electrons. The molecule has 0 bridgehead atoms. The monoisotopic (exact) mass is 286 g/mol. The zero-order valence-electron chi connectivity index (χ0n) is 10.0. The number of H-pyrrole nitrogens is 1. The fourth-order valence-corrected chi connectivity index (χ4v) is 3.47. The summed E-state index contributed by atoms with van der Waals surface area (Å²) in [7, 11) is -3.54. The Morgan fingerprint density at radius 1 is 1.50 bits per heavy atom. The Labute approximate surface area is 110 Å². The third-order valence-corrected chi connectivity index (χ3v) is 5.24. The molecule has 6 nitrogen and oxygen atoms in total. The van der Waals surface area contributed by atoms with E-state index in [4.69, 9.17) is 0 Å². The van der Waals surface area contributed by atoms with Gasteiger partial charge in [-0.05, 0) is 13.3 Å². The summed E-state index contributed by atoms with van der Waals surface area (Å²) in [5.41, 5.74) is 0. The van der Waals surface area contributed by atoms with E-state index in [2.05, 4.69) is 19.9 Å². The highest BCUT2D eigenvalue weighted by Crippen LogP contribution is 2.21. The van der Waals surface area contributed by atoms with Crippen molar-refractivity contribution in [3.63, 3.8) is 0 Å². The van der Waals surface area contributed by atoms with Gasteiger partial charge >= 0.3 is 0 Å². The minimum atomic E-state index is -3.54. The maximum atomic E-state index is 12.0. The van der Waals surface area contributed by atoms with Gasteiger partial charge in [0.05, 0.1) is 12.2 Å². The van der Waals surface area contributed by atoms with Crippen molar-refractivity contribution in [1.29, 1.82) is 0 Å². The van der Waals surface area contributed by atoms with Gasteiger partial charge in [0, 0.05) is 17.3 Å². The third kappa shape index (κ3) is 2.77. The molecule has 0 saturated heterocycles. The van der Waals surface area contributed by atoms with E-state index in [0.29, 0.717) is 0 Å². The third-order valence-electron chi connectivity index (χ3n) is 2.41. The first-order valence-electron chi connectivity index (χ1n) is 5.48. The van der Waals surface area contributed by atoms with E-state index in [0.717, 1.165) is 16.3 Å². The molecule has 0 spiro atoms. The lowest BCUT2D eigenvalue weighted by Gasteiger charge is -2.10. The zero-order chi connectivity index (χ0) is 13.2. The molecule has 2 heterocycles. The number of nitrogens with one attached hydrogen (secondary N) is 2. The van der Waals surface area contributed by atoms with Crippen molar-refractivity contribution >= 4 is 21.4 Å². The molecule has 2 N–H and O–H groups in total. The van der Waals surface area contributed by atoms with Crippen molar-refractivity contribution in [2.75, 3.05) is 0 Å². The minimum Gasteiger partial charge on any atom is -0.284 e. The van der Waals surface area contributed by atoms with Crippen molar-refractivity contribution in [2.24, 2.45) is 0 Å². The van der Waals surface area contributed by atoms with Gasteiger partial charge in [0.15, 0.2) is 0 Å². The molecule has 0 aliphatic heterocycles. The number of nitrogens with zero attached hydrogens (tertiary/aromatic N) is 2. The van der Waals surface area contributed by atoms with Crippen LogP contribution in [-0.2, 0) is 16.4 Å². The topological polar surface area (TPSA) is 87.7 Å². The van der Waals surface area contributed by atoms with Crippen LogP contribution in [0.4, 0.5) is 0 Å². The molecule has 1 atom stereocenters. The van der Waals surface area contributed by atoms with E-state index in [1.807, 2.05) is 6.92 Å². The molecular weight excluding hydrogens is 272 g/mol. The van der Waals surface area contributed by atoms with E-state index in [-0.39, 0.29) is 10.9 Å². The summed E-state index contributed by atoms with van der Waals surface area (Å²) < 4.78 is 26.5. The van der Waals surface area contributed by atoms with E-state index < -0.39 is 10.0 Å². The number of thiazole rings is 1. The van der Waals surface area contributed by atoms with Crippen LogP contribution >= 0.6 is 11.3 Å². The molecule has 18 heavy (non-hydrogen) atoms. The molecule has 2 aromatic heterocycles. The van der Waals surface area contributed by atoms with Gasteiger partial charge in [-0.15, -0.1) is 11.3 Å². The highest BCUT2D eigenvalue weighted by molar-refractivity contribution is 7.89. The average Bonchev–Trinajstić information content (AvgIpc) is 3.00. The average molecular weight is 286 g/mol. The van der Waals surface area contributed by atoms with Crippen LogP contribution in [0.3, 0.4) is 0 Å². The van der Waals surface area contributed by atoms with Crippen LogP contribution in [0.1, 0.15) is 29.8 Å². The maximum Gasteiger partial charge on any atom is 0.244 e. The van der Waals surface area contributed by atoms with Crippen LogP contribution in [0.15, 0.2) is 23.5 Å². The Balaban J connectivity index is 2.14. The fraction of sp³-hybridized carbons (Fsp3) is 0.400. The highest BCUT2D eigenvalue weighted by atomic mass is 32.2.